The van der Waals surface area contributed by atoms with E-state index in [4.69, 9.17) is 5.26 Å². The number of hydrogen-bond acceptors (Lipinski definition) is 5. The number of pyridine rings is 1. The Hall–Kier alpha value is -2.29. The highest BCUT2D eigenvalue weighted by molar-refractivity contribution is 5.67. The fraction of sp³-hybridized carbons (Fsp3) is 0.417. The number of ether oxygens (including phenoxy) is 1. The molecule has 0 spiro atoms. The maximum atomic E-state index is 11.1. The van der Waals surface area contributed by atoms with Crippen LogP contribution in [0.25, 0.3) is 0 Å². The van der Waals surface area contributed by atoms with Gasteiger partial charge in [-0.2, -0.15) is 5.26 Å². The van der Waals surface area contributed by atoms with Crippen LogP contribution < -0.4 is 10.2 Å². The standard InChI is InChI=1S/C12H14N4O2/c1-18-12(17)15-10-3-5-16(8-10)11-6-9(7-13)2-4-14-11/h2,4,6,10H,3,5,8H2,1H3,(H,15,17). The molecule has 1 aromatic rings. The summed E-state index contributed by atoms with van der Waals surface area (Å²) in [7, 11) is 1.35. The third-order valence-corrected chi connectivity index (χ3v) is 2.89. The van der Waals surface area contributed by atoms with Gasteiger partial charge in [0.2, 0.25) is 0 Å². The van der Waals surface area contributed by atoms with E-state index in [-0.39, 0.29) is 6.04 Å². The van der Waals surface area contributed by atoms with E-state index in [0.29, 0.717) is 12.1 Å². The van der Waals surface area contributed by atoms with Crippen LogP contribution in [0.3, 0.4) is 0 Å². The largest absolute Gasteiger partial charge is 0.453 e. The number of nitriles is 1. The SMILES string of the molecule is COC(=O)NC1CCN(c2cc(C#N)ccn2)C1. The van der Waals surface area contributed by atoms with Crippen LogP contribution in [0.4, 0.5) is 10.6 Å². The first-order valence-corrected chi connectivity index (χ1v) is 5.68. The molecule has 1 amide bonds. The summed E-state index contributed by atoms with van der Waals surface area (Å²) in [4.78, 5) is 17.4. The molecule has 0 bridgehead atoms. The number of nitrogens with zero attached hydrogens (tertiary/aromatic N) is 3. The molecule has 2 rings (SSSR count). The van der Waals surface area contributed by atoms with Crippen LogP contribution in [-0.4, -0.2) is 37.3 Å². The molecule has 2 heterocycles. The zero-order valence-electron chi connectivity index (χ0n) is 10.1. The smallest absolute Gasteiger partial charge is 0.407 e. The highest BCUT2D eigenvalue weighted by Gasteiger charge is 2.25. The number of carbonyl (C=O) groups is 1. The number of methoxy groups -OCH3 is 1. The molecule has 1 atom stereocenters. The van der Waals surface area contributed by atoms with Crippen LogP contribution in [0.1, 0.15) is 12.0 Å². The molecule has 94 valence electrons. The Kier molecular flexibility index (Phi) is 3.63. The molecular weight excluding hydrogens is 232 g/mol. The molecule has 1 aliphatic heterocycles. The monoisotopic (exact) mass is 246 g/mol. The number of alkyl carbamates (subject to hydrolysis) is 1. The topological polar surface area (TPSA) is 78.2 Å². The third-order valence-electron chi connectivity index (χ3n) is 2.89. The molecule has 1 aromatic heterocycles. The number of anilines is 1. The first-order valence-electron chi connectivity index (χ1n) is 5.68. The second-order valence-corrected chi connectivity index (χ2v) is 4.08. The van der Waals surface area contributed by atoms with E-state index in [1.165, 1.54) is 7.11 Å². The van der Waals surface area contributed by atoms with Crippen molar-refractivity contribution in [2.45, 2.75) is 12.5 Å². The van der Waals surface area contributed by atoms with Gasteiger partial charge in [-0.3, -0.25) is 0 Å². The summed E-state index contributed by atoms with van der Waals surface area (Å²) in [6.07, 6.45) is 2.04. The van der Waals surface area contributed by atoms with Crippen LogP contribution in [0.2, 0.25) is 0 Å². The molecule has 0 aliphatic carbocycles. The summed E-state index contributed by atoms with van der Waals surface area (Å²) in [5.41, 5.74) is 0.587. The van der Waals surface area contributed by atoms with Gasteiger partial charge in [-0.15, -0.1) is 0 Å². The molecule has 6 nitrogen and oxygen atoms in total. The van der Waals surface area contributed by atoms with Crippen molar-refractivity contribution in [2.24, 2.45) is 0 Å². The summed E-state index contributed by atoms with van der Waals surface area (Å²) in [5.74, 6) is 0.767. The molecule has 0 saturated carbocycles. The van der Waals surface area contributed by atoms with E-state index in [9.17, 15) is 4.79 Å². The van der Waals surface area contributed by atoms with Gasteiger partial charge in [0, 0.05) is 19.3 Å². The first kappa shape index (κ1) is 12.2. The van der Waals surface area contributed by atoms with Gasteiger partial charge in [-0.1, -0.05) is 0 Å². The Morgan fingerprint density at radius 3 is 3.28 bits per heavy atom. The first-order chi connectivity index (χ1) is 8.72. The highest BCUT2D eigenvalue weighted by atomic mass is 16.5. The Labute approximate surface area is 105 Å². The van der Waals surface area contributed by atoms with Gasteiger partial charge < -0.3 is 15.0 Å². The summed E-state index contributed by atoms with van der Waals surface area (Å²) in [6, 6.07) is 5.57. The van der Waals surface area contributed by atoms with Gasteiger partial charge in [0.1, 0.15) is 5.82 Å². The normalized spacial score (nSPS) is 18.2. The minimum Gasteiger partial charge on any atom is -0.453 e. The van der Waals surface area contributed by atoms with Crippen molar-refractivity contribution >= 4 is 11.9 Å². The second-order valence-electron chi connectivity index (χ2n) is 4.08. The molecule has 1 saturated heterocycles. The lowest BCUT2D eigenvalue weighted by atomic mass is 10.3. The Balaban J connectivity index is 2.00. The van der Waals surface area contributed by atoms with Crippen LogP contribution >= 0.6 is 0 Å². The van der Waals surface area contributed by atoms with E-state index in [2.05, 4.69) is 21.1 Å². The van der Waals surface area contributed by atoms with E-state index >= 15 is 0 Å². The lowest BCUT2D eigenvalue weighted by Gasteiger charge is -2.17. The second kappa shape index (κ2) is 5.36. The number of aromatic nitrogens is 1. The lowest BCUT2D eigenvalue weighted by Crippen LogP contribution is -2.37. The minimum absolute atomic E-state index is 0.0602. The Morgan fingerprint density at radius 1 is 1.72 bits per heavy atom. The summed E-state index contributed by atoms with van der Waals surface area (Å²) < 4.78 is 4.56. The molecule has 1 aliphatic rings. The van der Waals surface area contributed by atoms with Gasteiger partial charge >= 0.3 is 6.09 Å². The van der Waals surface area contributed by atoms with Crippen molar-refractivity contribution < 1.29 is 9.53 Å². The molecule has 0 aromatic carbocycles. The maximum absolute atomic E-state index is 11.1. The van der Waals surface area contributed by atoms with Crippen molar-refractivity contribution in [1.29, 1.82) is 5.26 Å². The van der Waals surface area contributed by atoms with Crippen LogP contribution in [0.5, 0.6) is 0 Å². The average molecular weight is 246 g/mol. The van der Waals surface area contributed by atoms with Crippen molar-refractivity contribution in [3.63, 3.8) is 0 Å². The van der Waals surface area contributed by atoms with E-state index < -0.39 is 6.09 Å². The highest BCUT2D eigenvalue weighted by Crippen LogP contribution is 2.18. The van der Waals surface area contributed by atoms with Crippen molar-refractivity contribution in [1.82, 2.24) is 10.3 Å². The average Bonchev–Trinajstić information content (AvgIpc) is 2.87. The molecule has 1 N–H and O–H groups in total. The summed E-state index contributed by atoms with van der Waals surface area (Å²) in [5, 5.41) is 11.6. The molecule has 1 fully saturated rings. The van der Waals surface area contributed by atoms with Crippen molar-refractivity contribution in [3.05, 3.63) is 23.9 Å². The Morgan fingerprint density at radius 2 is 2.56 bits per heavy atom. The van der Waals surface area contributed by atoms with E-state index in [0.717, 1.165) is 18.8 Å². The quantitative estimate of drug-likeness (QED) is 0.838. The predicted molar refractivity (Wildman–Crippen MR) is 65.1 cm³/mol. The maximum Gasteiger partial charge on any atom is 0.407 e. The van der Waals surface area contributed by atoms with E-state index in [1.807, 2.05) is 4.90 Å². The van der Waals surface area contributed by atoms with Gasteiger partial charge in [-0.25, -0.2) is 9.78 Å². The summed E-state index contributed by atoms with van der Waals surface area (Å²) >= 11 is 0. The fourth-order valence-corrected chi connectivity index (χ4v) is 1.97. The van der Waals surface area contributed by atoms with Crippen LogP contribution in [0.15, 0.2) is 18.3 Å². The molecule has 18 heavy (non-hydrogen) atoms. The van der Waals surface area contributed by atoms with Gasteiger partial charge in [0.15, 0.2) is 0 Å². The number of hydrogen-bond donors (Lipinski definition) is 1. The number of carbonyl (C=O) groups excluding carboxylic acids is 1. The molecular formula is C12H14N4O2. The van der Waals surface area contributed by atoms with Crippen molar-refractivity contribution in [3.8, 4) is 6.07 Å². The predicted octanol–water partition coefficient (Wildman–Crippen LogP) is 0.888. The van der Waals surface area contributed by atoms with E-state index in [1.54, 1.807) is 18.3 Å². The molecule has 6 heteroatoms. The van der Waals surface area contributed by atoms with Gasteiger partial charge in [-0.05, 0) is 18.6 Å². The number of nitrogens with one attached hydrogen (secondary N) is 1. The van der Waals surface area contributed by atoms with Crippen LogP contribution in [0, 0.1) is 11.3 Å². The molecule has 1 unspecified atom stereocenters. The van der Waals surface area contributed by atoms with Crippen molar-refractivity contribution in [2.75, 3.05) is 25.1 Å². The summed E-state index contributed by atoms with van der Waals surface area (Å²) in [6.45, 7) is 1.48. The molecule has 0 radical (unpaired) electrons. The zero-order valence-corrected chi connectivity index (χ0v) is 10.1. The van der Waals surface area contributed by atoms with Gasteiger partial charge in [0.05, 0.1) is 24.8 Å². The fourth-order valence-electron chi connectivity index (χ4n) is 1.97. The van der Waals surface area contributed by atoms with Gasteiger partial charge in [0.25, 0.3) is 0 Å². The number of rotatable bonds is 2. The lowest BCUT2D eigenvalue weighted by molar-refractivity contribution is 0.167. The minimum atomic E-state index is -0.416. The number of amides is 1. The zero-order chi connectivity index (χ0) is 13.0. The Bertz CT molecular complexity index is 483. The third kappa shape index (κ3) is 2.69. The van der Waals surface area contributed by atoms with Crippen LogP contribution in [-0.2, 0) is 4.74 Å².